The number of hydrogen-bond donors (Lipinski definition) is 0. The lowest BCUT2D eigenvalue weighted by atomic mass is 9.93. The maximum atomic E-state index is 12.8. The van der Waals surface area contributed by atoms with Crippen LogP contribution in [0.2, 0.25) is 0 Å². The third kappa shape index (κ3) is 3.91. The van der Waals surface area contributed by atoms with E-state index in [1.165, 1.54) is 0 Å². The zero-order valence-electron chi connectivity index (χ0n) is 16.0. The highest BCUT2D eigenvalue weighted by Crippen LogP contribution is 2.29. The molecule has 3 aromatic rings. The largest absolute Gasteiger partial charge is 0.497 e. The fraction of sp³-hybridized carbons (Fsp3) is 0.250. The van der Waals surface area contributed by atoms with E-state index in [4.69, 9.17) is 9.72 Å². The van der Waals surface area contributed by atoms with Gasteiger partial charge in [-0.1, -0.05) is 24.3 Å². The fourth-order valence-electron chi connectivity index (χ4n) is 3.77. The highest BCUT2D eigenvalue weighted by Gasteiger charge is 2.26. The minimum atomic E-state index is 0.108. The molecule has 1 atom stereocenters. The average molecular weight is 372 g/mol. The van der Waals surface area contributed by atoms with E-state index in [1.807, 2.05) is 65.6 Å². The van der Waals surface area contributed by atoms with Crippen LogP contribution in [0.3, 0.4) is 0 Å². The number of methoxy groups -OCH3 is 1. The van der Waals surface area contributed by atoms with Crippen LogP contribution in [-0.4, -0.2) is 36.0 Å². The first-order valence-corrected chi connectivity index (χ1v) is 9.70. The zero-order valence-corrected chi connectivity index (χ0v) is 16.0. The molecule has 2 aromatic carbocycles. The van der Waals surface area contributed by atoms with Gasteiger partial charge in [-0.25, -0.2) is 0 Å². The van der Waals surface area contributed by atoms with E-state index in [9.17, 15) is 4.79 Å². The molecule has 1 aliphatic rings. The molecular weight excluding hydrogens is 348 g/mol. The average Bonchev–Trinajstić information content (AvgIpc) is 2.79. The summed E-state index contributed by atoms with van der Waals surface area (Å²) in [5.41, 5.74) is 3.82. The molecule has 0 N–H and O–H groups in total. The lowest BCUT2D eigenvalue weighted by molar-refractivity contribution is 0.0706. The maximum Gasteiger partial charge on any atom is 0.253 e. The zero-order chi connectivity index (χ0) is 19.3. The van der Waals surface area contributed by atoms with Crippen molar-refractivity contribution < 1.29 is 9.53 Å². The van der Waals surface area contributed by atoms with Gasteiger partial charge in [-0.15, -0.1) is 0 Å². The van der Waals surface area contributed by atoms with E-state index in [1.54, 1.807) is 7.11 Å². The molecule has 1 fully saturated rings. The summed E-state index contributed by atoms with van der Waals surface area (Å²) in [6, 6.07) is 23.6. The molecule has 2 heterocycles. The Morgan fingerprint density at radius 3 is 2.54 bits per heavy atom. The van der Waals surface area contributed by atoms with Crippen molar-refractivity contribution in [3.8, 4) is 17.0 Å². The van der Waals surface area contributed by atoms with Crippen molar-refractivity contribution >= 4 is 5.91 Å². The number of carbonyl (C=O) groups is 1. The number of hydrogen-bond acceptors (Lipinski definition) is 3. The Balaban J connectivity index is 1.53. The summed E-state index contributed by atoms with van der Waals surface area (Å²) in [7, 11) is 1.67. The Morgan fingerprint density at radius 1 is 1.00 bits per heavy atom. The molecular formula is C24H24N2O2. The van der Waals surface area contributed by atoms with E-state index in [-0.39, 0.29) is 11.8 Å². The van der Waals surface area contributed by atoms with Gasteiger partial charge < -0.3 is 9.64 Å². The number of ether oxygens (including phenoxy) is 1. The molecule has 1 amide bonds. The van der Waals surface area contributed by atoms with Gasteiger partial charge in [0.15, 0.2) is 0 Å². The predicted molar refractivity (Wildman–Crippen MR) is 111 cm³/mol. The molecule has 0 saturated carbocycles. The van der Waals surface area contributed by atoms with Crippen LogP contribution in [0.25, 0.3) is 11.3 Å². The summed E-state index contributed by atoms with van der Waals surface area (Å²) in [5.74, 6) is 1.21. The van der Waals surface area contributed by atoms with Crippen molar-refractivity contribution in [1.82, 2.24) is 9.88 Å². The van der Waals surface area contributed by atoms with Gasteiger partial charge in [0, 0.05) is 35.8 Å². The van der Waals surface area contributed by atoms with Crippen LogP contribution in [0, 0.1) is 0 Å². The summed E-state index contributed by atoms with van der Waals surface area (Å²) in [6.45, 7) is 1.52. The summed E-state index contributed by atoms with van der Waals surface area (Å²) in [6.07, 6.45) is 2.05. The van der Waals surface area contributed by atoms with Crippen LogP contribution in [-0.2, 0) is 0 Å². The van der Waals surface area contributed by atoms with Crippen molar-refractivity contribution in [3.05, 3.63) is 84.1 Å². The summed E-state index contributed by atoms with van der Waals surface area (Å²) < 4.78 is 5.24. The monoisotopic (exact) mass is 372 g/mol. The molecule has 142 valence electrons. The highest BCUT2D eigenvalue weighted by atomic mass is 16.5. The first-order valence-electron chi connectivity index (χ1n) is 9.70. The van der Waals surface area contributed by atoms with Gasteiger partial charge in [-0.2, -0.15) is 0 Å². The summed E-state index contributed by atoms with van der Waals surface area (Å²) >= 11 is 0. The number of rotatable bonds is 4. The first kappa shape index (κ1) is 18.2. The molecule has 1 aromatic heterocycles. The SMILES string of the molecule is COc1ccc(-c2cccc(C3CCCN(C(=O)c4ccccc4)C3)n2)cc1. The van der Waals surface area contributed by atoms with Crippen LogP contribution < -0.4 is 4.74 Å². The number of carbonyl (C=O) groups excluding carboxylic acids is 1. The molecule has 0 bridgehead atoms. The minimum absolute atomic E-state index is 0.108. The summed E-state index contributed by atoms with van der Waals surface area (Å²) in [5, 5.41) is 0. The Morgan fingerprint density at radius 2 is 1.79 bits per heavy atom. The van der Waals surface area contributed by atoms with Crippen molar-refractivity contribution in [2.24, 2.45) is 0 Å². The quantitative estimate of drug-likeness (QED) is 0.662. The Hall–Kier alpha value is -3.14. The predicted octanol–water partition coefficient (Wildman–Crippen LogP) is 4.78. The minimum Gasteiger partial charge on any atom is -0.497 e. The third-order valence-electron chi connectivity index (χ3n) is 5.30. The number of pyridine rings is 1. The van der Waals surface area contributed by atoms with Gasteiger partial charge in [0.1, 0.15) is 5.75 Å². The molecule has 4 nitrogen and oxygen atoms in total. The number of likely N-dealkylation sites (tertiary alicyclic amines) is 1. The van der Waals surface area contributed by atoms with E-state index in [0.717, 1.165) is 47.7 Å². The second-order valence-corrected chi connectivity index (χ2v) is 7.13. The molecule has 4 heteroatoms. The van der Waals surface area contributed by atoms with Crippen LogP contribution in [0.5, 0.6) is 5.75 Å². The normalized spacial score (nSPS) is 16.6. The number of nitrogens with zero attached hydrogens (tertiary/aromatic N) is 2. The van der Waals surface area contributed by atoms with Crippen LogP contribution >= 0.6 is 0 Å². The second kappa shape index (κ2) is 8.26. The molecule has 0 aliphatic carbocycles. The van der Waals surface area contributed by atoms with E-state index in [2.05, 4.69) is 12.1 Å². The van der Waals surface area contributed by atoms with E-state index >= 15 is 0 Å². The van der Waals surface area contributed by atoms with Gasteiger partial charge >= 0.3 is 0 Å². The Kier molecular flexibility index (Phi) is 5.38. The molecule has 1 aliphatic heterocycles. The lowest BCUT2D eigenvalue weighted by Crippen LogP contribution is -2.39. The van der Waals surface area contributed by atoms with Gasteiger partial charge in [0.25, 0.3) is 5.91 Å². The second-order valence-electron chi connectivity index (χ2n) is 7.13. The third-order valence-corrected chi connectivity index (χ3v) is 5.30. The topological polar surface area (TPSA) is 42.4 Å². The maximum absolute atomic E-state index is 12.8. The van der Waals surface area contributed by atoms with Gasteiger partial charge in [0.2, 0.25) is 0 Å². The molecule has 28 heavy (non-hydrogen) atoms. The van der Waals surface area contributed by atoms with Gasteiger partial charge in [-0.05, 0) is 61.4 Å². The van der Waals surface area contributed by atoms with Crippen LogP contribution in [0.1, 0.15) is 34.8 Å². The lowest BCUT2D eigenvalue weighted by Gasteiger charge is -2.32. The van der Waals surface area contributed by atoms with Crippen molar-refractivity contribution in [2.45, 2.75) is 18.8 Å². The first-order chi connectivity index (χ1) is 13.7. The molecule has 4 rings (SSSR count). The Bertz CT molecular complexity index is 938. The molecule has 0 spiro atoms. The van der Waals surface area contributed by atoms with Crippen molar-refractivity contribution in [2.75, 3.05) is 20.2 Å². The number of benzene rings is 2. The number of aromatic nitrogens is 1. The number of piperidine rings is 1. The van der Waals surface area contributed by atoms with E-state index in [0.29, 0.717) is 6.54 Å². The smallest absolute Gasteiger partial charge is 0.253 e. The van der Waals surface area contributed by atoms with Crippen molar-refractivity contribution in [1.29, 1.82) is 0 Å². The molecule has 1 saturated heterocycles. The van der Waals surface area contributed by atoms with Crippen LogP contribution in [0.4, 0.5) is 0 Å². The molecule has 1 unspecified atom stereocenters. The standard InChI is InChI=1S/C24H24N2O2/c1-28-21-14-12-18(13-15-21)22-10-5-11-23(25-22)20-9-6-16-26(17-20)24(27)19-7-3-2-4-8-19/h2-5,7-8,10-15,20H,6,9,16-17H2,1H3. The van der Waals surface area contributed by atoms with Crippen LogP contribution in [0.15, 0.2) is 72.8 Å². The number of amides is 1. The highest BCUT2D eigenvalue weighted by molar-refractivity contribution is 5.94. The fourth-order valence-corrected chi connectivity index (χ4v) is 3.77. The summed E-state index contributed by atoms with van der Waals surface area (Å²) in [4.78, 5) is 19.7. The van der Waals surface area contributed by atoms with Gasteiger partial charge in [-0.3, -0.25) is 9.78 Å². The van der Waals surface area contributed by atoms with E-state index < -0.39 is 0 Å². The van der Waals surface area contributed by atoms with Gasteiger partial charge in [0.05, 0.1) is 12.8 Å². The molecule has 0 radical (unpaired) electrons. The Labute approximate surface area is 165 Å². The van der Waals surface area contributed by atoms with Crippen molar-refractivity contribution in [3.63, 3.8) is 0 Å².